The Hall–Kier alpha value is -5.42. The Morgan fingerprint density at radius 1 is 0.836 bits per heavy atom. The lowest BCUT2D eigenvalue weighted by Crippen LogP contribution is -2.76. The minimum absolute atomic E-state index is 0.0310. The highest BCUT2D eigenvalue weighted by atomic mass is 32.1. The Morgan fingerprint density at radius 2 is 1.46 bits per heavy atom. The number of rotatable bonds is 13. The van der Waals surface area contributed by atoms with Gasteiger partial charge in [-0.05, 0) is 61.2 Å². The van der Waals surface area contributed by atoms with Crippen molar-refractivity contribution >= 4 is 42.7 Å². The van der Waals surface area contributed by atoms with Crippen LogP contribution in [0.15, 0.2) is 91.0 Å². The van der Waals surface area contributed by atoms with Crippen molar-refractivity contribution in [1.82, 2.24) is 20.0 Å². The maximum Gasteiger partial charge on any atom is 0.477 e. The van der Waals surface area contributed by atoms with E-state index < -0.39 is 74.1 Å². The molecule has 8 rings (SSSR count). The number of hydrogen-bond acceptors (Lipinski definition) is 13. The van der Waals surface area contributed by atoms with Crippen LogP contribution in [0.2, 0.25) is 0 Å². The van der Waals surface area contributed by atoms with Gasteiger partial charge in [0.25, 0.3) is 5.91 Å². The normalized spacial score (nSPS) is 21.5. The van der Waals surface area contributed by atoms with E-state index >= 15 is 18.4 Å². The molecule has 14 nitrogen and oxygen atoms in total. The van der Waals surface area contributed by atoms with Crippen LogP contribution in [0.25, 0.3) is 10.6 Å². The van der Waals surface area contributed by atoms with Crippen molar-refractivity contribution in [3.8, 4) is 16.3 Å². The first-order valence-electron chi connectivity index (χ1n) is 19.5. The SMILES string of the molecule is COc1ccc(CN2C(=O)N(COP(=O)(OCc3ccccc3)OCc3ccccc3)C(=O)C3(Cc4cc(-c5nnc(C)s5)c(F)c(F)c4N4C[C@H](C)O[C@H](C)C43)C2=O)cc1. The maximum atomic E-state index is 16.6. The molecule has 2 fully saturated rings. The Labute approximate surface area is 354 Å². The summed E-state index contributed by atoms with van der Waals surface area (Å²) in [7, 11) is -3.09. The summed E-state index contributed by atoms with van der Waals surface area (Å²) in [6, 6.07) is 23.4. The number of phosphoric acid groups is 1. The van der Waals surface area contributed by atoms with Crippen LogP contribution in [0.3, 0.4) is 0 Å². The maximum absolute atomic E-state index is 16.6. The molecular weight excluding hydrogens is 832 g/mol. The summed E-state index contributed by atoms with van der Waals surface area (Å²) in [6.45, 7) is 3.33. The summed E-state index contributed by atoms with van der Waals surface area (Å²) >= 11 is 1.05. The fourth-order valence-corrected chi connectivity index (χ4v) is 10.1. The van der Waals surface area contributed by atoms with Crippen molar-refractivity contribution in [2.75, 3.05) is 25.3 Å². The lowest BCUT2D eigenvalue weighted by Gasteiger charge is -2.57. The molecule has 3 aliphatic rings. The van der Waals surface area contributed by atoms with E-state index in [1.54, 1.807) is 106 Å². The molecule has 2 unspecified atom stereocenters. The lowest BCUT2D eigenvalue weighted by molar-refractivity contribution is -0.170. The number of imide groups is 2. The zero-order chi connectivity index (χ0) is 43.1. The first kappa shape index (κ1) is 42.3. The van der Waals surface area contributed by atoms with E-state index in [0.717, 1.165) is 16.2 Å². The number of hydrogen-bond donors (Lipinski definition) is 0. The van der Waals surface area contributed by atoms with Crippen molar-refractivity contribution < 1.29 is 50.8 Å². The Bertz CT molecular complexity index is 2450. The number of aryl methyl sites for hydroxylation is 1. The summed E-state index contributed by atoms with van der Waals surface area (Å²) in [5.41, 5.74) is -0.592. The van der Waals surface area contributed by atoms with Gasteiger partial charge in [-0.3, -0.25) is 28.1 Å². The van der Waals surface area contributed by atoms with Crippen LogP contribution in [-0.4, -0.2) is 76.5 Å². The van der Waals surface area contributed by atoms with Gasteiger partial charge in [0, 0.05) is 13.0 Å². The van der Waals surface area contributed by atoms with Crippen molar-refractivity contribution in [1.29, 1.82) is 0 Å². The Kier molecular flexibility index (Phi) is 11.9. The predicted molar refractivity (Wildman–Crippen MR) is 219 cm³/mol. The van der Waals surface area contributed by atoms with Crippen molar-refractivity contribution in [3.63, 3.8) is 0 Å². The van der Waals surface area contributed by atoms with Crippen LogP contribution in [-0.2, 0) is 58.6 Å². The standard InChI is InChI=1S/C43H42F2N5O9PS/c1-26-21-48-37-32(19-34(35(44)36(37)45)39-47-46-28(3)61-39)20-43(38(48)27(2)59-26)40(51)49(22-29-15-17-33(55-4)18-16-29)42(53)50(41(43)52)25-58-60(54,56-23-30-11-7-5-8-12-30)57-24-31-13-9-6-10-14-31/h5-19,26-27,38H,20-25H2,1-4H3/t26-,27+,38?,43?/m0/s1. The number of fused-ring (bicyclic) bond motifs is 4. The number of amides is 4. The fraction of sp³-hybridized carbons (Fsp3) is 0.326. The van der Waals surface area contributed by atoms with Gasteiger partial charge in [-0.25, -0.2) is 23.0 Å². The smallest absolute Gasteiger partial charge is 0.477 e. The van der Waals surface area contributed by atoms with Gasteiger partial charge in [0.2, 0.25) is 5.91 Å². The first-order valence-corrected chi connectivity index (χ1v) is 21.8. The van der Waals surface area contributed by atoms with E-state index in [1.807, 2.05) is 0 Å². The quantitative estimate of drug-likeness (QED) is 0.0838. The summed E-state index contributed by atoms with van der Waals surface area (Å²) in [4.78, 5) is 48.5. The lowest BCUT2D eigenvalue weighted by atomic mass is 9.65. The molecule has 0 bridgehead atoms. The molecule has 0 N–H and O–H groups in total. The fourth-order valence-electron chi connectivity index (χ4n) is 8.26. The number of urea groups is 1. The van der Waals surface area contributed by atoms with Crippen LogP contribution in [0.5, 0.6) is 5.75 Å². The Morgan fingerprint density at radius 3 is 2.05 bits per heavy atom. The third kappa shape index (κ3) is 8.09. The second kappa shape index (κ2) is 17.2. The zero-order valence-corrected chi connectivity index (χ0v) is 35.4. The minimum atomic E-state index is -4.59. The molecule has 5 aromatic rings. The second-order valence-electron chi connectivity index (χ2n) is 15.1. The van der Waals surface area contributed by atoms with Gasteiger partial charge in [0.1, 0.15) is 17.5 Å². The van der Waals surface area contributed by atoms with E-state index in [4.69, 9.17) is 23.0 Å². The molecule has 3 aliphatic heterocycles. The summed E-state index contributed by atoms with van der Waals surface area (Å²) in [5, 5.41) is 8.64. The van der Waals surface area contributed by atoms with E-state index in [2.05, 4.69) is 10.2 Å². The van der Waals surface area contributed by atoms with Crippen molar-refractivity contribution in [3.05, 3.63) is 130 Å². The topological polar surface area (TPSA) is 150 Å². The monoisotopic (exact) mass is 873 g/mol. The van der Waals surface area contributed by atoms with Crippen LogP contribution < -0.4 is 9.64 Å². The number of methoxy groups -OCH3 is 1. The van der Waals surface area contributed by atoms with Gasteiger partial charge < -0.3 is 14.4 Å². The molecule has 0 saturated carbocycles. The summed E-state index contributed by atoms with van der Waals surface area (Å²) in [5.74, 6) is -3.72. The van der Waals surface area contributed by atoms with Gasteiger partial charge in [-0.15, -0.1) is 10.2 Å². The molecular formula is C43H42F2N5O9PS. The van der Waals surface area contributed by atoms with E-state index in [1.165, 1.54) is 18.1 Å². The zero-order valence-electron chi connectivity index (χ0n) is 33.7. The number of halogens is 2. The number of phosphoric ester groups is 1. The molecule has 0 aliphatic carbocycles. The largest absolute Gasteiger partial charge is 0.497 e. The van der Waals surface area contributed by atoms with Crippen LogP contribution in [0.1, 0.15) is 41.1 Å². The van der Waals surface area contributed by atoms with Gasteiger partial charge in [-0.1, -0.05) is 84.1 Å². The van der Waals surface area contributed by atoms with Crippen LogP contribution in [0, 0.1) is 24.0 Å². The third-order valence-electron chi connectivity index (χ3n) is 11.0. The molecule has 18 heteroatoms. The molecule has 0 radical (unpaired) electrons. The Balaban J connectivity index is 1.22. The first-order chi connectivity index (χ1) is 29.3. The van der Waals surface area contributed by atoms with Crippen LogP contribution in [0.4, 0.5) is 19.3 Å². The third-order valence-corrected chi connectivity index (χ3v) is 13.2. The molecule has 61 heavy (non-hydrogen) atoms. The van der Waals surface area contributed by atoms with Crippen molar-refractivity contribution in [2.45, 2.75) is 65.2 Å². The number of morpholine rings is 1. The number of carbonyl (C=O) groups is 3. The second-order valence-corrected chi connectivity index (χ2v) is 17.9. The molecule has 4 amide bonds. The molecule has 4 aromatic carbocycles. The van der Waals surface area contributed by atoms with Crippen molar-refractivity contribution in [2.24, 2.45) is 5.41 Å². The van der Waals surface area contributed by atoms with Gasteiger partial charge in [0.05, 0.1) is 56.4 Å². The number of aromatic nitrogens is 2. The van der Waals surface area contributed by atoms with E-state index in [-0.39, 0.29) is 48.1 Å². The van der Waals surface area contributed by atoms with E-state index in [9.17, 15) is 9.36 Å². The number of barbiturate groups is 1. The van der Waals surface area contributed by atoms with Gasteiger partial charge >= 0.3 is 13.9 Å². The number of nitrogens with zero attached hydrogens (tertiary/aromatic N) is 5. The number of ether oxygens (including phenoxy) is 2. The highest BCUT2D eigenvalue weighted by Crippen LogP contribution is 2.54. The number of benzene rings is 4. The highest BCUT2D eigenvalue weighted by Gasteiger charge is 2.67. The average molecular weight is 874 g/mol. The summed E-state index contributed by atoms with van der Waals surface area (Å²) < 4.78 is 76.2. The molecule has 4 heterocycles. The van der Waals surface area contributed by atoms with Gasteiger partial charge in [-0.2, -0.15) is 0 Å². The molecule has 318 valence electrons. The number of anilines is 1. The minimum Gasteiger partial charge on any atom is -0.497 e. The molecule has 1 aromatic heterocycles. The summed E-state index contributed by atoms with van der Waals surface area (Å²) in [6.07, 6.45) is -1.94. The molecule has 2 saturated heterocycles. The average Bonchev–Trinajstić information content (AvgIpc) is 3.70. The molecule has 1 spiro atoms. The highest BCUT2D eigenvalue weighted by molar-refractivity contribution is 7.48. The number of carbonyl (C=O) groups excluding carboxylic acids is 3. The van der Waals surface area contributed by atoms with E-state index in [0.29, 0.717) is 32.3 Å². The molecule has 4 atom stereocenters. The van der Waals surface area contributed by atoms with Gasteiger partial charge in [0.15, 0.2) is 22.1 Å². The van der Waals surface area contributed by atoms with Crippen LogP contribution >= 0.6 is 19.2 Å². The predicted octanol–water partition coefficient (Wildman–Crippen LogP) is 7.83.